The average molecular weight is 280 g/mol. The topological polar surface area (TPSA) is 45.5 Å². The number of ether oxygens (including phenoxy) is 2. The summed E-state index contributed by atoms with van der Waals surface area (Å²) in [6, 6.07) is 15.9. The van der Waals surface area contributed by atoms with Gasteiger partial charge in [-0.25, -0.2) is 0 Å². The van der Waals surface area contributed by atoms with Crippen molar-refractivity contribution in [1.82, 2.24) is 4.90 Å². The van der Waals surface area contributed by atoms with Gasteiger partial charge in [0.15, 0.2) is 11.5 Å². The van der Waals surface area contributed by atoms with Gasteiger partial charge in [0.1, 0.15) is 0 Å². The second-order valence-corrected chi connectivity index (χ2v) is 5.13. The van der Waals surface area contributed by atoms with Gasteiger partial charge >= 0.3 is 0 Å². The van der Waals surface area contributed by atoms with E-state index >= 15 is 0 Å². The summed E-state index contributed by atoms with van der Waals surface area (Å²) < 4.78 is 10.7. The van der Waals surface area contributed by atoms with Gasteiger partial charge in [0.2, 0.25) is 6.79 Å². The summed E-state index contributed by atoms with van der Waals surface area (Å²) in [6.45, 7) is 1.82. The number of fused-ring (bicyclic) bond motifs is 1. The van der Waals surface area contributed by atoms with Crippen LogP contribution >= 0.6 is 0 Å². The Labute approximate surface area is 124 Å². The van der Waals surface area contributed by atoms with Crippen molar-refractivity contribution in [2.75, 3.05) is 13.8 Å². The Morgan fingerprint density at radius 1 is 1.10 bits per heavy atom. The summed E-state index contributed by atoms with van der Waals surface area (Å²) in [5.41, 5.74) is 2.94. The molecule has 0 amide bonds. The second-order valence-electron chi connectivity index (χ2n) is 5.13. The Kier molecular flexibility index (Phi) is 3.76. The molecule has 1 heterocycles. The molecule has 1 aliphatic rings. The van der Waals surface area contributed by atoms with Crippen LogP contribution in [0, 0.1) is 11.3 Å². The van der Waals surface area contributed by atoms with Crippen molar-refractivity contribution in [1.29, 1.82) is 5.26 Å². The lowest BCUT2D eigenvalue weighted by Crippen LogP contribution is -2.17. The summed E-state index contributed by atoms with van der Waals surface area (Å²) >= 11 is 0. The fourth-order valence-corrected chi connectivity index (χ4v) is 2.46. The molecule has 0 N–H and O–H groups in total. The molecule has 4 heteroatoms. The molecule has 2 aromatic carbocycles. The normalized spacial score (nSPS) is 12.4. The Morgan fingerprint density at radius 2 is 1.90 bits per heavy atom. The van der Waals surface area contributed by atoms with Crippen LogP contribution in [0.5, 0.6) is 11.5 Å². The van der Waals surface area contributed by atoms with E-state index < -0.39 is 0 Å². The zero-order valence-corrected chi connectivity index (χ0v) is 11.9. The summed E-state index contributed by atoms with van der Waals surface area (Å²) in [4.78, 5) is 2.17. The van der Waals surface area contributed by atoms with E-state index in [0.29, 0.717) is 6.79 Å². The molecule has 0 aromatic heterocycles. The van der Waals surface area contributed by atoms with Crippen LogP contribution < -0.4 is 9.47 Å². The fourth-order valence-electron chi connectivity index (χ4n) is 2.46. The Hall–Kier alpha value is -2.51. The quantitative estimate of drug-likeness (QED) is 0.864. The Morgan fingerprint density at radius 3 is 2.76 bits per heavy atom. The summed E-state index contributed by atoms with van der Waals surface area (Å²) in [7, 11) is 2.04. The zero-order chi connectivity index (χ0) is 14.7. The summed E-state index contributed by atoms with van der Waals surface area (Å²) in [5, 5.41) is 9.13. The first kappa shape index (κ1) is 13.5. The first-order chi connectivity index (χ1) is 10.3. The third kappa shape index (κ3) is 2.99. The minimum atomic E-state index is 0.296. The van der Waals surface area contributed by atoms with E-state index in [0.717, 1.165) is 41.3 Å². The fraction of sp³-hybridized carbons (Fsp3) is 0.235. The standard InChI is InChI=1S/C17H16N2O2/c1-19(11-15-5-3-2-4-14(15)9-18)10-13-6-7-16-17(8-13)21-12-20-16/h2-8H,10-12H2,1H3. The highest BCUT2D eigenvalue weighted by atomic mass is 16.7. The van der Waals surface area contributed by atoms with Crippen LogP contribution in [0.4, 0.5) is 0 Å². The van der Waals surface area contributed by atoms with Gasteiger partial charge < -0.3 is 9.47 Å². The molecule has 1 aliphatic heterocycles. The van der Waals surface area contributed by atoms with E-state index in [2.05, 4.69) is 11.0 Å². The summed E-state index contributed by atoms with van der Waals surface area (Å²) in [5.74, 6) is 1.61. The van der Waals surface area contributed by atoms with Crippen LogP contribution in [-0.2, 0) is 13.1 Å². The highest BCUT2D eigenvalue weighted by molar-refractivity contribution is 5.44. The van der Waals surface area contributed by atoms with E-state index in [4.69, 9.17) is 14.7 Å². The molecule has 0 unspecified atom stereocenters. The molecular formula is C17H16N2O2. The van der Waals surface area contributed by atoms with Crippen LogP contribution in [0.3, 0.4) is 0 Å². The van der Waals surface area contributed by atoms with Gasteiger partial charge in [-0.2, -0.15) is 5.26 Å². The summed E-state index contributed by atoms with van der Waals surface area (Å²) in [6.07, 6.45) is 0. The third-order valence-electron chi connectivity index (χ3n) is 3.47. The molecular weight excluding hydrogens is 264 g/mol. The molecule has 106 valence electrons. The van der Waals surface area contributed by atoms with Gasteiger partial charge in [0.25, 0.3) is 0 Å². The molecule has 0 saturated carbocycles. The zero-order valence-electron chi connectivity index (χ0n) is 11.9. The predicted octanol–water partition coefficient (Wildman–Crippen LogP) is 2.92. The highest BCUT2D eigenvalue weighted by Gasteiger charge is 2.14. The predicted molar refractivity (Wildman–Crippen MR) is 78.9 cm³/mol. The van der Waals surface area contributed by atoms with Crippen LogP contribution in [0.15, 0.2) is 42.5 Å². The van der Waals surface area contributed by atoms with Crippen molar-refractivity contribution in [3.8, 4) is 17.6 Å². The van der Waals surface area contributed by atoms with E-state index in [-0.39, 0.29) is 0 Å². The van der Waals surface area contributed by atoms with Crippen molar-refractivity contribution in [2.45, 2.75) is 13.1 Å². The van der Waals surface area contributed by atoms with Gasteiger partial charge in [-0.15, -0.1) is 0 Å². The van der Waals surface area contributed by atoms with Crippen LogP contribution in [0.1, 0.15) is 16.7 Å². The largest absolute Gasteiger partial charge is 0.454 e. The number of nitrogens with zero attached hydrogens (tertiary/aromatic N) is 2. The van der Waals surface area contributed by atoms with E-state index in [9.17, 15) is 0 Å². The van der Waals surface area contributed by atoms with Crippen molar-refractivity contribution in [2.24, 2.45) is 0 Å². The molecule has 0 spiro atoms. The average Bonchev–Trinajstić information content (AvgIpc) is 2.95. The van der Waals surface area contributed by atoms with Crippen molar-refractivity contribution >= 4 is 0 Å². The molecule has 0 aliphatic carbocycles. The molecule has 0 radical (unpaired) electrons. The first-order valence-electron chi connectivity index (χ1n) is 6.81. The van der Waals surface area contributed by atoms with Crippen LogP contribution in [-0.4, -0.2) is 18.7 Å². The number of rotatable bonds is 4. The number of benzene rings is 2. The van der Waals surface area contributed by atoms with Crippen molar-refractivity contribution in [3.05, 3.63) is 59.2 Å². The van der Waals surface area contributed by atoms with Gasteiger partial charge in [-0.1, -0.05) is 24.3 Å². The maximum Gasteiger partial charge on any atom is 0.231 e. The van der Waals surface area contributed by atoms with E-state index in [1.54, 1.807) is 0 Å². The number of hydrogen-bond acceptors (Lipinski definition) is 4. The van der Waals surface area contributed by atoms with Crippen molar-refractivity contribution in [3.63, 3.8) is 0 Å². The van der Waals surface area contributed by atoms with Crippen LogP contribution in [0.25, 0.3) is 0 Å². The smallest absolute Gasteiger partial charge is 0.231 e. The Balaban J connectivity index is 1.69. The van der Waals surface area contributed by atoms with Gasteiger partial charge in [-0.05, 0) is 36.4 Å². The van der Waals surface area contributed by atoms with E-state index in [1.165, 1.54) is 0 Å². The molecule has 21 heavy (non-hydrogen) atoms. The number of nitriles is 1. The maximum atomic E-state index is 9.13. The van der Waals surface area contributed by atoms with Crippen molar-refractivity contribution < 1.29 is 9.47 Å². The molecule has 0 fully saturated rings. The minimum Gasteiger partial charge on any atom is -0.454 e. The van der Waals surface area contributed by atoms with Crippen LogP contribution in [0.2, 0.25) is 0 Å². The van der Waals surface area contributed by atoms with Gasteiger partial charge in [-0.3, -0.25) is 4.90 Å². The third-order valence-corrected chi connectivity index (χ3v) is 3.47. The lowest BCUT2D eigenvalue weighted by Gasteiger charge is -2.17. The lowest BCUT2D eigenvalue weighted by atomic mass is 10.1. The molecule has 0 saturated heterocycles. The monoisotopic (exact) mass is 280 g/mol. The highest BCUT2D eigenvalue weighted by Crippen LogP contribution is 2.32. The molecule has 0 bridgehead atoms. The van der Waals surface area contributed by atoms with Gasteiger partial charge in [0.05, 0.1) is 11.6 Å². The molecule has 4 nitrogen and oxygen atoms in total. The molecule has 2 aromatic rings. The molecule has 3 rings (SSSR count). The minimum absolute atomic E-state index is 0.296. The lowest BCUT2D eigenvalue weighted by molar-refractivity contribution is 0.174. The second kappa shape index (κ2) is 5.86. The Bertz CT molecular complexity index is 691. The van der Waals surface area contributed by atoms with Gasteiger partial charge in [0, 0.05) is 13.1 Å². The van der Waals surface area contributed by atoms with E-state index in [1.807, 2.05) is 49.5 Å². The first-order valence-corrected chi connectivity index (χ1v) is 6.81. The maximum absolute atomic E-state index is 9.13. The SMILES string of the molecule is CN(Cc1ccc2c(c1)OCO2)Cc1ccccc1C#N. The number of hydrogen-bond donors (Lipinski definition) is 0. The molecule has 0 atom stereocenters.